The lowest BCUT2D eigenvalue weighted by Crippen LogP contribution is -2.28. The number of benzene rings is 2. The Morgan fingerprint density at radius 1 is 1.10 bits per heavy atom. The molecule has 156 valence electrons. The Morgan fingerprint density at radius 2 is 1.80 bits per heavy atom. The summed E-state index contributed by atoms with van der Waals surface area (Å²) < 4.78 is 10.5. The second-order valence-electron chi connectivity index (χ2n) is 6.48. The maximum Gasteiger partial charge on any atom is 0.341 e. The summed E-state index contributed by atoms with van der Waals surface area (Å²) in [4.78, 5) is 13.8. The van der Waals surface area contributed by atoms with Gasteiger partial charge in [0.1, 0.15) is 16.3 Å². The van der Waals surface area contributed by atoms with Crippen molar-refractivity contribution in [1.82, 2.24) is 5.32 Å². The second kappa shape index (κ2) is 10.2. The van der Waals surface area contributed by atoms with Gasteiger partial charge in [-0.1, -0.05) is 42.5 Å². The summed E-state index contributed by atoms with van der Waals surface area (Å²) in [7, 11) is 1.64. The smallest absolute Gasteiger partial charge is 0.341 e. The van der Waals surface area contributed by atoms with E-state index in [9.17, 15) is 4.79 Å². The van der Waals surface area contributed by atoms with Crippen molar-refractivity contribution >= 4 is 39.6 Å². The lowest BCUT2D eigenvalue weighted by molar-refractivity contribution is 0.0529. The van der Waals surface area contributed by atoms with Crippen molar-refractivity contribution in [2.24, 2.45) is 0 Å². The lowest BCUT2D eigenvalue weighted by atomic mass is 10.0. The van der Waals surface area contributed by atoms with E-state index in [1.807, 2.05) is 61.5 Å². The summed E-state index contributed by atoms with van der Waals surface area (Å²) in [5.74, 6) is 0.446. The molecule has 0 radical (unpaired) electrons. The Kier molecular flexibility index (Phi) is 7.43. The molecule has 0 aliphatic carbocycles. The van der Waals surface area contributed by atoms with Crippen LogP contribution in [0.1, 0.15) is 27.7 Å². The first-order valence-corrected chi connectivity index (χ1v) is 10.8. The van der Waals surface area contributed by atoms with Gasteiger partial charge in [-0.3, -0.25) is 0 Å². The Bertz CT molecular complexity index is 1010. The number of ether oxygens (including phenoxy) is 2. The van der Waals surface area contributed by atoms with E-state index in [0.29, 0.717) is 28.8 Å². The number of esters is 1. The molecule has 0 aliphatic heterocycles. The van der Waals surface area contributed by atoms with Gasteiger partial charge >= 0.3 is 5.97 Å². The molecular formula is C23H24N2O3S2. The first-order valence-electron chi connectivity index (χ1n) is 9.57. The fourth-order valence-corrected chi connectivity index (χ4v) is 4.36. The molecule has 3 aromatic rings. The molecule has 0 saturated heterocycles. The molecule has 0 fully saturated rings. The van der Waals surface area contributed by atoms with Crippen LogP contribution in [0.4, 0.5) is 5.00 Å². The predicted octanol–water partition coefficient (Wildman–Crippen LogP) is 5.40. The van der Waals surface area contributed by atoms with Gasteiger partial charge in [0.15, 0.2) is 5.11 Å². The average Bonchev–Trinajstić information content (AvgIpc) is 3.09. The van der Waals surface area contributed by atoms with Gasteiger partial charge < -0.3 is 20.1 Å². The molecule has 0 amide bonds. The number of nitrogens with one attached hydrogen (secondary N) is 2. The number of carbonyl (C=O) groups excluding carboxylic acids is 1. The Balaban J connectivity index is 1.80. The Morgan fingerprint density at radius 3 is 2.43 bits per heavy atom. The van der Waals surface area contributed by atoms with E-state index in [0.717, 1.165) is 27.3 Å². The maximum absolute atomic E-state index is 12.8. The summed E-state index contributed by atoms with van der Waals surface area (Å²) in [5, 5.41) is 7.49. The Labute approximate surface area is 186 Å². The molecule has 1 aromatic heterocycles. The molecule has 0 saturated carbocycles. The highest BCUT2D eigenvalue weighted by Crippen LogP contribution is 2.40. The zero-order valence-corrected chi connectivity index (χ0v) is 18.8. The fraction of sp³-hybridized carbons (Fsp3) is 0.217. The number of thiocarbonyl (C=S) groups is 1. The first-order chi connectivity index (χ1) is 14.5. The minimum Gasteiger partial charge on any atom is -0.497 e. The van der Waals surface area contributed by atoms with E-state index in [-0.39, 0.29) is 5.97 Å². The van der Waals surface area contributed by atoms with Crippen molar-refractivity contribution in [2.45, 2.75) is 20.4 Å². The van der Waals surface area contributed by atoms with Gasteiger partial charge in [0, 0.05) is 17.0 Å². The zero-order chi connectivity index (χ0) is 21.5. The molecule has 0 unspecified atom stereocenters. The minimum atomic E-state index is -0.360. The molecule has 3 rings (SSSR count). The van der Waals surface area contributed by atoms with Crippen molar-refractivity contribution in [3.63, 3.8) is 0 Å². The fourth-order valence-electron chi connectivity index (χ4n) is 3.06. The molecule has 2 aromatic carbocycles. The summed E-state index contributed by atoms with van der Waals surface area (Å²) in [6.45, 7) is 4.66. The minimum absolute atomic E-state index is 0.307. The van der Waals surface area contributed by atoms with E-state index in [1.165, 1.54) is 11.3 Å². The highest BCUT2D eigenvalue weighted by atomic mass is 32.1. The predicted molar refractivity (Wildman–Crippen MR) is 127 cm³/mol. The molecule has 7 heteroatoms. The van der Waals surface area contributed by atoms with Gasteiger partial charge in [-0.25, -0.2) is 4.79 Å². The van der Waals surface area contributed by atoms with Crippen LogP contribution < -0.4 is 15.4 Å². The van der Waals surface area contributed by atoms with Gasteiger partial charge in [-0.15, -0.1) is 11.3 Å². The van der Waals surface area contributed by atoms with Gasteiger partial charge in [0.25, 0.3) is 0 Å². The summed E-state index contributed by atoms with van der Waals surface area (Å²) in [6, 6.07) is 17.6. The van der Waals surface area contributed by atoms with E-state index in [4.69, 9.17) is 21.7 Å². The SMILES string of the molecule is CCOC(=O)c1c(NC(=S)NCc2ccc(OC)cc2)sc(C)c1-c1ccccc1. The monoisotopic (exact) mass is 440 g/mol. The molecule has 0 aliphatic rings. The highest BCUT2D eigenvalue weighted by Gasteiger charge is 2.24. The zero-order valence-electron chi connectivity index (χ0n) is 17.2. The van der Waals surface area contributed by atoms with E-state index >= 15 is 0 Å². The van der Waals surface area contributed by atoms with E-state index in [1.54, 1.807) is 14.0 Å². The molecular weight excluding hydrogens is 416 g/mol. The van der Waals surface area contributed by atoms with Crippen LogP contribution in [0.5, 0.6) is 5.75 Å². The van der Waals surface area contributed by atoms with Gasteiger partial charge in [0.2, 0.25) is 0 Å². The van der Waals surface area contributed by atoms with E-state index < -0.39 is 0 Å². The number of hydrogen-bond acceptors (Lipinski definition) is 5. The Hall–Kier alpha value is -2.90. The topological polar surface area (TPSA) is 59.6 Å². The number of thiophene rings is 1. The van der Waals surface area contributed by atoms with Crippen LogP contribution in [0.2, 0.25) is 0 Å². The first kappa shape index (κ1) is 21.8. The molecule has 0 bridgehead atoms. The molecule has 0 atom stereocenters. The summed E-state index contributed by atoms with van der Waals surface area (Å²) in [5.41, 5.74) is 3.43. The number of rotatable bonds is 7. The third-order valence-corrected chi connectivity index (χ3v) is 5.73. The number of anilines is 1. The van der Waals surface area contributed by atoms with Crippen LogP contribution >= 0.6 is 23.6 Å². The van der Waals surface area contributed by atoms with Gasteiger partial charge in [0.05, 0.1) is 13.7 Å². The summed E-state index contributed by atoms with van der Waals surface area (Å²) in [6.07, 6.45) is 0. The highest BCUT2D eigenvalue weighted by molar-refractivity contribution is 7.80. The van der Waals surface area contributed by atoms with Crippen molar-refractivity contribution in [3.05, 3.63) is 70.6 Å². The van der Waals surface area contributed by atoms with E-state index in [2.05, 4.69) is 10.6 Å². The second-order valence-corrected chi connectivity index (χ2v) is 8.11. The van der Waals surface area contributed by atoms with Crippen molar-refractivity contribution in [2.75, 3.05) is 19.0 Å². The van der Waals surface area contributed by atoms with Crippen LogP contribution in [0.25, 0.3) is 11.1 Å². The molecule has 1 heterocycles. The molecule has 0 spiro atoms. The lowest BCUT2D eigenvalue weighted by Gasteiger charge is -2.12. The molecule has 5 nitrogen and oxygen atoms in total. The van der Waals surface area contributed by atoms with Crippen molar-refractivity contribution < 1.29 is 14.3 Å². The number of methoxy groups -OCH3 is 1. The van der Waals surface area contributed by atoms with Crippen molar-refractivity contribution in [1.29, 1.82) is 0 Å². The average molecular weight is 441 g/mol. The normalized spacial score (nSPS) is 10.4. The van der Waals surface area contributed by atoms with Crippen LogP contribution in [0.15, 0.2) is 54.6 Å². The number of hydrogen-bond donors (Lipinski definition) is 2. The maximum atomic E-state index is 12.8. The quantitative estimate of drug-likeness (QED) is 0.379. The molecule has 30 heavy (non-hydrogen) atoms. The van der Waals surface area contributed by atoms with Crippen LogP contribution in [-0.2, 0) is 11.3 Å². The third kappa shape index (κ3) is 5.17. The number of aryl methyl sites for hydroxylation is 1. The molecule has 2 N–H and O–H groups in total. The third-order valence-electron chi connectivity index (χ3n) is 4.47. The van der Waals surface area contributed by atoms with Gasteiger partial charge in [-0.05, 0) is 49.3 Å². The van der Waals surface area contributed by atoms with Crippen molar-refractivity contribution in [3.8, 4) is 16.9 Å². The van der Waals surface area contributed by atoms with Gasteiger partial charge in [-0.2, -0.15) is 0 Å². The largest absolute Gasteiger partial charge is 0.497 e. The van der Waals surface area contributed by atoms with Crippen LogP contribution in [0, 0.1) is 6.92 Å². The summed E-state index contributed by atoms with van der Waals surface area (Å²) >= 11 is 6.96. The van der Waals surface area contributed by atoms with Crippen LogP contribution in [0.3, 0.4) is 0 Å². The van der Waals surface area contributed by atoms with Crippen LogP contribution in [-0.4, -0.2) is 24.8 Å². The number of carbonyl (C=O) groups is 1. The standard InChI is InChI=1S/C23H24N2O3S2/c1-4-28-22(26)20-19(17-8-6-5-7-9-17)15(2)30-21(20)25-23(29)24-14-16-10-12-18(27-3)13-11-16/h5-13H,4,14H2,1-3H3,(H2,24,25,29).